The Balaban J connectivity index is 1.64. The molecule has 1 heterocycles. The van der Waals surface area contributed by atoms with Crippen LogP contribution in [0.1, 0.15) is 27.9 Å². The van der Waals surface area contributed by atoms with Crippen molar-refractivity contribution >= 4 is 5.91 Å². The number of carbonyl (C=O) groups excluding carboxylic acids is 1. The van der Waals surface area contributed by atoms with E-state index in [-0.39, 0.29) is 5.91 Å². The van der Waals surface area contributed by atoms with Crippen LogP contribution in [0.2, 0.25) is 0 Å². The topological polar surface area (TPSA) is 77.2 Å². The van der Waals surface area contributed by atoms with Crippen molar-refractivity contribution in [1.82, 2.24) is 15.5 Å². The lowest BCUT2D eigenvalue weighted by Gasteiger charge is -2.16. The number of nitrogens with one attached hydrogen (secondary N) is 1. The van der Waals surface area contributed by atoms with Crippen LogP contribution in [0.5, 0.6) is 5.75 Å². The largest absolute Gasteiger partial charge is 0.497 e. The van der Waals surface area contributed by atoms with E-state index in [1.165, 1.54) is 0 Å². The molecule has 1 atom stereocenters. The molecule has 4 rings (SSSR count). The van der Waals surface area contributed by atoms with Gasteiger partial charge in [0.15, 0.2) is 0 Å². The fraction of sp³-hybridized carbons (Fsp3) is 0.0870. The van der Waals surface area contributed by atoms with Crippen LogP contribution in [0.25, 0.3) is 11.5 Å². The number of benzene rings is 3. The first-order chi connectivity index (χ1) is 14.2. The van der Waals surface area contributed by atoms with Gasteiger partial charge in [0.25, 0.3) is 5.91 Å². The lowest BCUT2D eigenvalue weighted by Crippen LogP contribution is -2.29. The summed E-state index contributed by atoms with van der Waals surface area (Å²) < 4.78 is 11.1. The fourth-order valence-electron chi connectivity index (χ4n) is 2.94. The van der Waals surface area contributed by atoms with Crippen molar-refractivity contribution in [2.45, 2.75) is 6.04 Å². The molecule has 6 heteroatoms. The van der Waals surface area contributed by atoms with Gasteiger partial charge in [-0.25, -0.2) is 0 Å². The molecule has 0 saturated heterocycles. The molecule has 4 aromatic rings. The molecular weight excluding hydrogens is 366 g/mol. The average molecular weight is 385 g/mol. The number of rotatable bonds is 6. The predicted molar refractivity (Wildman–Crippen MR) is 108 cm³/mol. The number of nitrogens with zero attached hydrogens (tertiary/aromatic N) is 2. The minimum Gasteiger partial charge on any atom is -0.497 e. The first kappa shape index (κ1) is 18.4. The lowest BCUT2D eigenvalue weighted by molar-refractivity contribution is 0.0938. The van der Waals surface area contributed by atoms with E-state index in [1.54, 1.807) is 31.4 Å². The van der Waals surface area contributed by atoms with Gasteiger partial charge in [-0.1, -0.05) is 48.5 Å². The van der Waals surface area contributed by atoms with Crippen LogP contribution in [-0.2, 0) is 0 Å². The van der Waals surface area contributed by atoms with Crippen molar-refractivity contribution in [3.63, 3.8) is 0 Å². The van der Waals surface area contributed by atoms with Gasteiger partial charge in [-0.2, -0.15) is 0 Å². The van der Waals surface area contributed by atoms with Crippen molar-refractivity contribution in [2.75, 3.05) is 7.11 Å². The first-order valence-electron chi connectivity index (χ1n) is 9.13. The summed E-state index contributed by atoms with van der Waals surface area (Å²) in [7, 11) is 1.58. The molecule has 0 fully saturated rings. The van der Waals surface area contributed by atoms with Gasteiger partial charge in [0.05, 0.1) is 7.11 Å². The summed E-state index contributed by atoms with van der Waals surface area (Å²) in [5.74, 6) is 1.16. The Morgan fingerprint density at radius 3 is 2.21 bits per heavy atom. The molecule has 0 aliphatic heterocycles. The van der Waals surface area contributed by atoms with Gasteiger partial charge in [-0.15, -0.1) is 10.2 Å². The number of carbonyl (C=O) groups is 1. The number of hydrogen-bond acceptors (Lipinski definition) is 5. The highest BCUT2D eigenvalue weighted by Crippen LogP contribution is 2.25. The number of ether oxygens (including phenoxy) is 1. The Labute approximate surface area is 168 Å². The number of amides is 1. The molecule has 144 valence electrons. The highest BCUT2D eigenvalue weighted by atomic mass is 16.5. The van der Waals surface area contributed by atoms with E-state index >= 15 is 0 Å². The van der Waals surface area contributed by atoms with E-state index in [1.807, 2.05) is 60.7 Å². The van der Waals surface area contributed by atoms with E-state index in [9.17, 15) is 4.79 Å². The number of methoxy groups -OCH3 is 1. The quantitative estimate of drug-likeness (QED) is 0.536. The van der Waals surface area contributed by atoms with E-state index in [0.29, 0.717) is 23.1 Å². The van der Waals surface area contributed by atoms with E-state index < -0.39 is 6.04 Å². The Morgan fingerprint density at radius 1 is 0.897 bits per heavy atom. The van der Waals surface area contributed by atoms with Gasteiger partial charge in [0.1, 0.15) is 11.8 Å². The maximum atomic E-state index is 12.8. The third kappa shape index (κ3) is 4.16. The van der Waals surface area contributed by atoms with Crippen molar-refractivity contribution in [1.29, 1.82) is 0 Å². The van der Waals surface area contributed by atoms with Crippen LogP contribution in [0.15, 0.2) is 89.3 Å². The fourth-order valence-corrected chi connectivity index (χ4v) is 2.94. The maximum absolute atomic E-state index is 12.8. The van der Waals surface area contributed by atoms with E-state index in [4.69, 9.17) is 9.15 Å². The van der Waals surface area contributed by atoms with Crippen LogP contribution in [-0.4, -0.2) is 23.2 Å². The summed E-state index contributed by atoms with van der Waals surface area (Å²) in [6, 6.07) is 25.4. The summed E-state index contributed by atoms with van der Waals surface area (Å²) in [5.41, 5.74) is 2.17. The van der Waals surface area contributed by atoms with Crippen molar-refractivity contribution < 1.29 is 13.9 Å². The molecule has 6 nitrogen and oxygen atoms in total. The van der Waals surface area contributed by atoms with Gasteiger partial charge in [0, 0.05) is 11.1 Å². The van der Waals surface area contributed by atoms with Gasteiger partial charge in [-0.3, -0.25) is 4.79 Å². The Hall–Kier alpha value is -3.93. The highest BCUT2D eigenvalue weighted by Gasteiger charge is 2.24. The normalized spacial score (nSPS) is 11.6. The summed E-state index contributed by atoms with van der Waals surface area (Å²) >= 11 is 0. The predicted octanol–water partition coefficient (Wildman–Crippen LogP) is 4.26. The molecule has 0 aliphatic carbocycles. The second-order valence-corrected chi connectivity index (χ2v) is 6.36. The van der Waals surface area contributed by atoms with Crippen molar-refractivity contribution in [2.24, 2.45) is 0 Å². The Bertz CT molecular complexity index is 1080. The molecule has 1 amide bonds. The number of hydrogen-bond donors (Lipinski definition) is 1. The minimum absolute atomic E-state index is 0.249. The molecule has 29 heavy (non-hydrogen) atoms. The van der Waals surface area contributed by atoms with Gasteiger partial charge >= 0.3 is 0 Å². The summed E-state index contributed by atoms with van der Waals surface area (Å²) in [6.07, 6.45) is 0. The molecule has 1 N–H and O–H groups in total. The second kappa shape index (κ2) is 8.39. The standard InChI is InChI=1S/C23H19N3O3/c1-28-19-14-12-17(13-15-19)21(27)24-20(16-8-4-2-5-9-16)23-26-25-22(29-23)18-10-6-3-7-11-18/h2-15,20H,1H3,(H,24,27). The van der Waals surface area contributed by atoms with Crippen LogP contribution < -0.4 is 10.1 Å². The minimum atomic E-state index is -0.573. The zero-order valence-corrected chi connectivity index (χ0v) is 15.8. The second-order valence-electron chi connectivity index (χ2n) is 6.36. The van der Waals surface area contributed by atoms with Gasteiger partial charge in [-0.05, 0) is 42.0 Å². The smallest absolute Gasteiger partial charge is 0.252 e. The van der Waals surface area contributed by atoms with Crippen LogP contribution in [0.4, 0.5) is 0 Å². The summed E-state index contributed by atoms with van der Waals surface area (Å²) in [5, 5.41) is 11.3. The first-order valence-corrected chi connectivity index (χ1v) is 9.13. The molecule has 0 bridgehead atoms. The summed E-state index contributed by atoms with van der Waals surface area (Å²) in [4.78, 5) is 12.8. The Kier molecular flexibility index (Phi) is 5.33. The summed E-state index contributed by atoms with van der Waals surface area (Å²) in [6.45, 7) is 0. The molecule has 0 aliphatic rings. The van der Waals surface area contributed by atoms with E-state index in [2.05, 4.69) is 15.5 Å². The third-order valence-corrected chi connectivity index (χ3v) is 4.47. The molecule has 3 aromatic carbocycles. The van der Waals surface area contributed by atoms with Gasteiger partial charge in [0.2, 0.25) is 11.8 Å². The Morgan fingerprint density at radius 2 is 1.55 bits per heavy atom. The van der Waals surface area contributed by atoms with Crippen molar-refractivity contribution in [3.8, 4) is 17.2 Å². The van der Waals surface area contributed by atoms with Crippen LogP contribution in [0.3, 0.4) is 0 Å². The molecule has 0 saturated carbocycles. The lowest BCUT2D eigenvalue weighted by atomic mass is 10.1. The molecule has 1 aromatic heterocycles. The monoisotopic (exact) mass is 385 g/mol. The van der Waals surface area contributed by atoms with Crippen molar-refractivity contribution in [3.05, 3.63) is 102 Å². The van der Waals surface area contributed by atoms with Crippen LogP contribution in [0, 0.1) is 0 Å². The highest BCUT2D eigenvalue weighted by molar-refractivity contribution is 5.94. The van der Waals surface area contributed by atoms with Crippen LogP contribution >= 0.6 is 0 Å². The zero-order valence-electron chi connectivity index (χ0n) is 15.8. The molecular formula is C23H19N3O3. The molecule has 0 radical (unpaired) electrons. The molecule has 1 unspecified atom stereocenters. The van der Waals surface area contributed by atoms with Gasteiger partial charge < -0.3 is 14.5 Å². The maximum Gasteiger partial charge on any atom is 0.252 e. The molecule has 0 spiro atoms. The average Bonchev–Trinajstić information content (AvgIpc) is 3.28. The zero-order chi connectivity index (χ0) is 20.1. The third-order valence-electron chi connectivity index (χ3n) is 4.47. The number of aromatic nitrogens is 2. The van der Waals surface area contributed by atoms with E-state index in [0.717, 1.165) is 11.1 Å². The SMILES string of the molecule is COc1ccc(C(=O)NC(c2ccccc2)c2nnc(-c3ccccc3)o2)cc1.